The van der Waals surface area contributed by atoms with E-state index in [9.17, 15) is 8.42 Å². The lowest BCUT2D eigenvalue weighted by atomic mass is 10.0. The highest BCUT2D eigenvalue weighted by Crippen LogP contribution is 2.27. The van der Waals surface area contributed by atoms with Crippen LogP contribution in [0.2, 0.25) is 0 Å². The zero-order valence-electron chi connectivity index (χ0n) is 11.4. The number of sulfonamides is 1. The molecular weight excluding hydrogens is 286 g/mol. The lowest BCUT2D eigenvalue weighted by Crippen LogP contribution is -2.38. The van der Waals surface area contributed by atoms with E-state index < -0.39 is 10.0 Å². The van der Waals surface area contributed by atoms with Gasteiger partial charge in [-0.1, -0.05) is 6.07 Å². The number of benzene rings is 1. The molecule has 6 heteroatoms. The van der Waals surface area contributed by atoms with Crippen molar-refractivity contribution in [1.29, 1.82) is 5.26 Å². The minimum Gasteiger partial charge on any atom is -0.256 e. The number of nitrogens with zero attached hydrogens (tertiary/aromatic N) is 3. The van der Waals surface area contributed by atoms with Crippen LogP contribution >= 0.6 is 0 Å². The van der Waals surface area contributed by atoms with E-state index in [1.54, 1.807) is 36.5 Å². The Morgan fingerprint density at radius 2 is 1.95 bits per heavy atom. The molecule has 0 atom stereocenters. The second-order valence-electron chi connectivity index (χ2n) is 5.13. The molecule has 21 heavy (non-hydrogen) atoms. The molecule has 2 heterocycles. The third-order valence-electron chi connectivity index (χ3n) is 3.86. The topological polar surface area (TPSA) is 74.1 Å². The van der Waals surface area contributed by atoms with E-state index in [1.165, 1.54) is 4.31 Å². The zero-order valence-corrected chi connectivity index (χ0v) is 12.3. The maximum absolute atomic E-state index is 12.8. The van der Waals surface area contributed by atoms with E-state index in [0.717, 1.165) is 0 Å². The van der Waals surface area contributed by atoms with Crippen molar-refractivity contribution in [2.45, 2.75) is 17.7 Å². The molecule has 0 spiro atoms. The van der Waals surface area contributed by atoms with Gasteiger partial charge in [-0.25, -0.2) is 8.42 Å². The number of pyridine rings is 1. The summed E-state index contributed by atoms with van der Waals surface area (Å²) in [5, 5.41) is 9.55. The quantitative estimate of drug-likeness (QED) is 0.852. The van der Waals surface area contributed by atoms with Crippen LogP contribution in [0.15, 0.2) is 41.4 Å². The molecule has 1 aliphatic heterocycles. The molecule has 1 aromatic carbocycles. The number of hydrogen-bond donors (Lipinski definition) is 0. The minimum atomic E-state index is -3.54. The summed E-state index contributed by atoms with van der Waals surface area (Å²) in [5.74, 6) is -0.0364. The maximum atomic E-state index is 12.8. The van der Waals surface area contributed by atoms with Crippen LogP contribution in [0.4, 0.5) is 0 Å². The van der Waals surface area contributed by atoms with Gasteiger partial charge in [0.25, 0.3) is 0 Å². The molecule has 2 aromatic rings. The summed E-state index contributed by atoms with van der Waals surface area (Å²) < 4.78 is 27.1. The summed E-state index contributed by atoms with van der Waals surface area (Å²) in [4.78, 5) is 4.49. The van der Waals surface area contributed by atoms with Crippen molar-refractivity contribution in [3.05, 3.63) is 36.5 Å². The van der Waals surface area contributed by atoms with Crippen molar-refractivity contribution >= 4 is 20.9 Å². The fourth-order valence-electron chi connectivity index (χ4n) is 2.66. The summed E-state index contributed by atoms with van der Waals surface area (Å²) >= 11 is 0. The first kappa shape index (κ1) is 14.0. The average molecular weight is 301 g/mol. The van der Waals surface area contributed by atoms with E-state index in [-0.39, 0.29) is 5.92 Å². The number of hydrogen-bond acceptors (Lipinski definition) is 4. The lowest BCUT2D eigenvalue weighted by Gasteiger charge is -2.28. The van der Waals surface area contributed by atoms with Gasteiger partial charge in [-0.15, -0.1) is 0 Å². The molecule has 0 N–H and O–H groups in total. The Morgan fingerprint density at radius 3 is 2.67 bits per heavy atom. The standard InChI is InChI=1S/C15H15N3O2S/c16-11-12-6-9-18(10-7-12)21(19,20)15-5-1-4-14-13(15)3-2-8-17-14/h1-5,8,12H,6-7,9-10H2. The maximum Gasteiger partial charge on any atom is 0.243 e. The van der Waals surface area contributed by atoms with Crippen LogP contribution < -0.4 is 0 Å². The summed E-state index contributed by atoms with van der Waals surface area (Å²) in [5.41, 5.74) is 0.672. The normalized spacial score (nSPS) is 17.7. The van der Waals surface area contributed by atoms with E-state index in [1.807, 2.05) is 0 Å². The van der Waals surface area contributed by atoms with Gasteiger partial charge < -0.3 is 0 Å². The van der Waals surface area contributed by atoms with Gasteiger partial charge in [0.15, 0.2) is 0 Å². The molecule has 1 aliphatic rings. The van der Waals surface area contributed by atoms with Crippen LogP contribution in [0.25, 0.3) is 10.9 Å². The molecule has 0 bridgehead atoms. The first-order chi connectivity index (χ1) is 10.1. The highest BCUT2D eigenvalue weighted by atomic mass is 32.2. The molecule has 1 saturated heterocycles. The van der Waals surface area contributed by atoms with Gasteiger partial charge in [0.2, 0.25) is 10.0 Å². The first-order valence-corrected chi connectivity index (χ1v) is 8.30. The van der Waals surface area contributed by atoms with Crippen LogP contribution in [-0.4, -0.2) is 30.8 Å². The lowest BCUT2D eigenvalue weighted by molar-refractivity contribution is 0.310. The van der Waals surface area contributed by atoms with E-state index in [2.05, 4.69) is 11.1 Å². The second kappa shape index (κ2) is 5.43. The Bertz CT molecular complexity index is 798. The summed E-state index contributed by atoms with van der Waals surface area (Å²) in [6.45, 7) is 0.800. The summed E-state index contributed by atoms with van der Waals surface area (Å²) in [6.07, 6.45) is 2.84. The number of piperidine rings is 1. The number of aromatic nitrogens is 1. The van der Waals surface area contributed by atoms with Gasteiger partial charge in [-0.3, -0.25) is 4.98 Å². The minimum absolute atomic E-state index is 0.0364. The predicted octanol–water partition coefficient (Wildman–Crippen LogP) is 2.16. The fourth-order valence-corrected chi connectivity index (χ4v) is 4.34. The zero-order chi connectivity index (χ0) is 14.9. The Labute approximate surface area is 123 Å². The van der Waals surface area contributed by atoms with Gasteiger partial charge in [0, 0.05) is 30.6 Å². The molecule has 1 fully saturated rings. The smallest absolute Gasteiger partial charge is 0.243 e. The van der Waals surface area contributed by atoms with Gasteiger partial charge in [0.05, 0.1) is 16.5 Å². The molecule has 5 nitrogen and oxygen atoms in total. The first-order valence-electron chi connectivity index (χ1n) is 6.86. The Kier molecular flexibility index (Phi) is 3.62. The highest BCUT2D eigenvalue weighted by molar-refractivity contribution is 7.89. The predicted molar refractivity (Wildman–Crippen MR) is 78.8 cm³/mol. The van der Waals surface area contributed by atoms with Gasteiger partial charge in [-0.2, -0.15) is 9.57 Å². The van der Waals surface area contributed by atoms with Crippen LogP contribution in [0.5, 0.6) is 0 Å². The Hall–Kier alpha value is -1.97. The molecule has 3 rings (SSSR count). The second-order valence-corrected chi connectivity index (χ2v) is 7.04. The number of rotatable bonds is 2. The van der Waals surface area contributed by atoms with Crippen LogP contribution in [0.3, 0.4) is 0 Å². The van der Waals surface area contributed by atoms with Crippen molar-refractivity contribution in [2.24, 2.45) is 5.92 Å². The Balaban J connectivity index is 2.00. The van der Waals surface area contributed by atoms with Gasteiger partial charge in [0.1, 0.15) is 0 Å². The molecule has 1 aromatic heterocycles. The van der Waals surface area contributed by atoms with Gasteiger partial charge in [-0.05, 0) is 37.1 Å². The molecule has 0 radical (unpaired) electrons. The van der Waals surface area contributed by atoms with E-state index in [0.29, 0.717) is 41.7 Å². The van der Waals surface area contributed by atoms with Crippen molar-refractivity contribution in [1.82, 2.24) is 9.29 Å². The van der Waals surface area contributed by atoms with Crippen LogP contribution in [0.1, 0.15) is 12.8 Å². The number of nitriles is 1. The highest BCUT2D eigenvalue weighted by Gasteiger charge is 2.30. The molecule has 108 valence electrons. The fraction of sp³-hybridized carbons (Fsp3) is 0.333. The van der Waals surface area contributed by atoms with Crippen molar-refractivity contribution < 1.29 is 8.42 Å². The van der Waals surface area contributed by atoms with Crippen molar-refractivity contribution in [3.63, 3.8) is 0 Å². The molecule has 0 saturated carbocycles. The molecule has 0 unspecified atom stereocenters. The largest absolute Gasteiger partial charge is 0.256 e. The monoisotopic (exact) mass is 301 g/mol. The summed E-state index contributed by atoms with van der Waals surface area (Å²) in [6, 6.07) is 10.9. The van der Waals surface area contributed by atoms with E-state index in [4.69, 9.17) is 5.26 Å². The average Bonchev–Trinajstić information content (AvgIpc) is 2.54. The van der Waals surface area contributed by atoms with Crippen molar-refractivity contribution in [2.75, 3.05) is 13.1 Å². The number of fused-ring (bicyclic) bond motifs is 1. The molecule has 0 aliphatic carbocycles. The Morgan fingerprint density at radius 1 is 1.19 bits per heavy atom. The van der Waals surface area contributed by atoms with E-state index >= 15 is 0 Å². The summed E-state index contributed by atoms with van der Waals surface area (Å²) in [7, 11) is -3.54. The van der Waals surface area contributed by atoms with Gasteiger partial charge >= 0.3 is 0 Å². The molecular formula is C15H15N3O2S. The third-order valence-corrected chi connectivity index (χ3v) is 5.82. The van der Waals surface area contributed by atoms with Crippen LogP contribution in [-0.2, 0) is 10.0 Å². The third kappa shape index (κ3) is 2.50. The SMILES string of the molecule is N#CC1CCN(S(=O)(=O)c2cccc3ncccc23)CC1. The molecule has 0 amide bonds. The van der Waals surface area contributed by atoms with Crippen molar-refractivity contribution in [3.8, 4) is 6.07 Å². The van der Waals surface area contributed by atoms with Crippen LogP contribution in [0, 0.1) is 17.2 Å².